The van der Waals surface area contributed by atoms with Crippen LogP contribution in [0.4, 0.5) is 0 Å². The topological polar surface area (TPSA) is 47.3 Å². The second-order valence-electron chi connectivity index (χ2n) is 4.62. The van der Waals surface area contributed by atoms with Crippen LogP contribution < -0.4 is 0 Å². The van der Waals surface area contributed by atoms with Crippen LogP contribution in [0.3, 0.4) is 0 Å². The van der Waals surface area contributed by atoms with Gasteiger partial charge in [-0.25, -0.2) is 0 Å². The van der Waals surface area contributed by atoms with Gasteiger partial charge in [0.1, 0.15) is 0 Å². The molecule has 2 aromatic rings. The van der Waals surface area contributed by atoms with E-state index in [4.69, 9.17) is 16.3 Å². The van der Waals surface area contributed by atoms with Gasteiger partial charge in [0.05, 0.1) is 36.2 Å². The van der Waals surface area contributed by atoms with E-state index in [0.29, 0.717) is 31.0 Å². The standard InChI is InChI=1S/C15H19ClN2O2/c1-20-10-9-18-14(13(16)11-17-18)7-8-15(19)12-5-3-2-4-6-12/h2-6,11,15,19H,7-10H2,1H3. The lowest BCUT2D eigenvalue weighted by molar-refractivity contribution is 0.165. The number of aliphatic hydroxyl groups is 1. The van der Waals surface area contributed by atoms with Crippen molar-refractivity contribution in [2.24, 2.45) is 0 Å². The second kappa shape index (κ2) is 7.43. The fraction of sp³-hybridized carbons (Fsp3) is 0.400. The Balaban J connectivity index is 1.98. The molecule has 0 aliphatic carbocycles. The van der Waals surface area contributed by atoms with Gasteiger partial charge in [-0.2, -0.15) is 5.10 Å². The van der Waals surface area contributed by atoms with Crippen molar-refractivity contribution in [3.63, 3.8) is 0 Å². The number of hydrogen-bond donors (Lipinski definition) is 1. The third-order valence-electron chi connectivity index (χ3n) is 3.24. The van der Waals surface area contributed by atoms with Crippen molar-refractivity contribution in [1.29, 1.82) is 0 Å². The molecule has 0 bridgehead atoms. The minimum atomic E-state index is -0.488. The van der Waals surface area contributed by atoms with Crippen LogP contribution in [0.15, 0.2) is 36.5 Å². The van der Waals surface area contributed by atoms with Gasteiger partial charge in [0.2, 0.25) is 0 Å². The van der Waals surface area contributed by atoms with Crippen LogP contribution in [-0.2, 0) is 17.7 Å². The van der Waals surface area contributed by atoms with Crippen LogP contribution in [-0.4, -0.2) is 28.6 Å². The summed E-state index contributed by atoms with van der Waals surface area (Å²) in [6.07, 6.45) is 2.45. The number of ether oxygens (including phenoxy) is 1. The average molecular weight is 295 g/mol. The summed E-state index contributed by atoms with van der Waals surface area (Å²) in [6.45, 7) is 1.26. The van der Waals surface area contributed by atoms with Crippen molar-refractivity contribution in [1.82, 2.24) is 9.78 Å². The van der Waals surface area contributed by atoms with E-state index >= 15 is 0 Å². The first-order valence-electron chi connectivity index (χ1n) is 6.64. The van der Waals surface area contributed by atoms with E-state index in [1.165, 1.54) is 0 Å². The fourth-order valence-electron chi connectivity index (χ4n) is 2.12. The molecule has 2 rings (SSSR count). The van der Waals surface area contributed by atoms with Crippen molar-refractivity contribution in [2.75, 3.05) is 13.7 Å². The molecule has 1 unspecified atom stereocenters. The van der Waals surface area contributed by atoms with Crippen LogP contribution in [0.5, 0.6) is 0 Å². The molecule has 0 saturated heterocycles. The maximum Gasteiger partial charge on any atom is 0.0817 e. The number of nitrogens with zero attached hydrogens (tertiary/aromatic N) is 2. The Hall–Kier alpha value is -1.36. The van der Waals surface area contributed by atoms with E-state index in [1.54, 1.807) is 13.3 Å². The normalized spacial score (nSPS) is 12.6. The number of hydrogen-bond acceptors (Lipinski definition) is 3. The molecule has 5 heteroatoms. The summed E-state index contributed by atoms with van der Waals surface area (Å²) >= 11 is 6.15. The Labute approximate surface area is 123 Å². The van der Waals surface area contributed by atoms with Crippen LogP contribution in [0.1, 0.15) is 23.8 Å². The Bertz CT molecular complexity index is 528. The van der Waals surface area contributed by atoms with Crippen molar-refractivity contribution in [2.45, 2.75) is 25.5 Å². The summed E-state index contributed by atoms with van der Waals surface area (Å²) in [6, 6.07) is 9.64. The van der Waals surface area contributed by atoms with E-state index < -0.39 is 6.10 Å². The quantitative estimate of drug-likeness (QED) is 0.854. The maximum atomic E-state index is 10.2. The summed E-state index contributed by atoms with van der Waals surface area (Å²) in [7, 11) is 1.66. The van der Waals surface area contributed by atoms with Crippen LogP contribution in [0.25, 0.3) is 0 Å². The molecule has 1 N–H and O–H groups in total. The first-order chi connectivity index (χ1) is 9.72. The van der Waals surface area contributed by atoms with Gasteiger partial charge in [0.15, 0.2) is 0 Å². The Morgan fingerprint density at radius 1 is 1.35 bits per heavy atom. The van der Waals surface area contributed by atoms with Gasteiger partial charge in [-0.1, -0.05) is 41.9 Å². The molecule has 0 spiro atoms. The van der Waals surface area contributed by atoms with Crippen LogP contribution >= 0.6 is 11.6 Å². The molecular formula is C15H19ClN2O2. The number of methoxy groups -OCH3 is 1. The monoisotopic (exact) mass is 294 g/mol. The Kier molecular flexibility index (Phi) is 5.59. The molecule has 4 nitrogen and oxygen atoms in total. The number of halogens is 1. The van der Waals surface area contributed by atoms with E-state index in [9.17, 15) is 5.11 Å². The lowest BCUT2D eigenvalue weighted by atomic mass is 10.0. The SMILES string of the molecule is COCCn1ncc(Cl)c1CCC(O)c1ccccc1. The molecular weight excluding hydrogens is 276 g/mol. The first kappa shape index (κ1) is 15.0. The van der Waals surface area contributed by atoms with Gasteiger partial charge in [0, 0.05) is 7.11 Å². The van der Waals surface area contributed by atoms with Crippen LogP contribution in [0, 0.1) is 0 Å². The molecule has 1 aromatic heterocycles. The van der Waals surface area contributed by atoms with Crippen molar-refractivity contribution < 1.29 is 9.84 Å². The summed E-state index contributed by atoms with van der Waals surface area (Å²) in [4.78, 5) is 0. The number of aromatic nitrogens is 2. The van der Waals surface area contributed by atoms with E-state index in [0.717, 1.165) is 11.3 Å². The molecule has 1 atom stereocenters. The smallest absolute Gasteiger partial charge is 0.0817 e. The molecule has 0 aliphatic heterocycles. The number of benzene rings is 1. The molecule has 1 aromatic carbocycles. The average Bonchev–Trinajstić information content (AvgIpc) is 2.84. The third-order valence-corrected chi connectivity index (χ3v) is 3.56. The predicted molar refractivity (Wildman–Crippen MR) is 78.8 cm³/mol. The minimum absolute atomic E-state index is 0.488. The zero-order chi connectivity index (χ0) is 14.4. The summed E-state index contributed by atoms with van der Waals surface area (Å²) < 4.78 is 6.89. The van der Waals surface area contributed by atoms with Gasteiger partial charge >= 0.3 is 0 Å². The van der Waals surface area contributed by atoms with E-state index in [2.05, 4.69) is 5.10 Å². The van der Waals surface area contributed by atoms with Gasteiger partial charge in [-0.3, -0.25) is 4.68 Å². The van der Waals surface area contributed by atoms with Crippen LogP contribution in [0.2, 0.25) is 5.02 Å². The Morgan fingerprint density at radius 2 is 2.10 bits per heavy atom. The fourth-order valence-corrected chi connectivity index (χ4v) is 2.36. The highest BCUT2D eigenvalue weighted by molar-refractivity contribution is 6.31. The summed E-state index contributed by atoms with van der Waals surface area (Å²) in [5.41, 5.74) is 1.87. The number of rotatable bonds is 7. The zero-order valence-electron chi connectivity index (χ0n) is 11.5. The Morgan fingerprint density at radius 3 is 2.80 bits per heavy atom. The summed E-state index contributed by atoms with van der Waals surface area (Å²) in [5.74, 6) is 0. The van der Waals surface area contributed by atoms with Crippen molar-refractivity contribution in [3.8, 4) is 0 Å². The maximum absolute atomic E-state index is 10.2. The number of aliphatic hydroxyl groups excluding tert-OH is 1. The first-order valence-corrected chi connectivity index (χ1v) is 7.02. The molecule has 1 heterocycles. The highest BCUT2D eigenvalue weighted by Gasteiger charge is 2.13. The molecule has 0 amide bonds. The van der Waals surface area contributed by atoms with Crippen molar-refractivity contribution in [3.05, 3.63) is 52.8 Å². The molecule has 0 saturated carbocycles. The zero-order valence-corrected chi connectivity index (χ0v) is 12.3. The van der Waals surface area contributed by atoms with E-state index in [-0.39, 0.29) is 0 Å². The molecule has 0 fully saturated rings. The van der Waals surface area contributed by atoms with E-state index in [1.807, 2.05) is 35.0 Å². The molecule has 0 radical (unpaired) electrons. The van der Waals surface area contributed by atoms with Gasteiger partial charge in [0.25, 0.3) is 0 Å². The largest absolute Gasteiger partial charge is 0.388 e. The summed E-state index contributed by atoms with van der Waals surface area (Å²) in [5, 5.41) is 15.0. The highest BCUT2D eigenvalue weighted by Crippen LogP contribution is 2.22. The molecule has 0 aliphatic rings. The molecule has 20 heavy (non-hydrogen) atoms. The van der Waals surface area contributed by atoms with Gasteiger partial charge in [-0.15, -0.1) is 0 Å². The predicted octanol–water partition coefficient (Wildman–Crippen LogP) is 2.85. The lowest BCUT2D eigenvalue weighted by Crippen LogP contribution is -2.11. The minimum Gasteiger partial charge on any atom is -0.388 e. The van der Waals surface area contributed by atoms with Gasteiger partial charge < -0.3 is 9.84 Å². The van der Waals surface area contributed by atoms with Gasteiger partial charge in [-0.05, 0) is 18.4 Å². The molecule has 108 valence electrons. The van der Waals surface area contributed by atoms with Crippen molar-refractivity contribution >= 4 is 11.6 Å². The third kappa shape index (κ3) is 3.82. The highest BCUT2D eigenvalue weighted by atomic mass is 35.5. The second-order valence-corrected chi connectivity index (χ2v) is 5.03. The lowest BCUT2D eigenvalue weighted by Gasteiger charge is -2.12.